The van der Waals surface area contributed by atoms with E-state index in [0.29, 0.717) is 18.8 Å². The van der Waals surface area contributed by atoms with Gasteiger partial charge in [-0.3, -0.25) is 4.90 Å². The van der Waals surface area contributed by atoms with Crippen LogP contribution in [0, 0.1) is 0 Å². The minimum Gasteiger partial charge on any atom is -0.428 e. The highest BCUT2D eigenvalue weighted by atomic mass is 16.7. The number of anilines is 1. The molecule has 47 heavy (non-hydrogen) atoms. The van der Waals surface area contributed by atoms with E-state index in [1.54, 1.807) is 45.8 Å². The zero-order valence-electron chi connectivity index (χ0n) is 28.2. The summed E-state index contributed by atoms with van der Waals surface area (Å²) in [6.07, 6.45) is 2.22. The molecular weight excluding hydrogens is 588 g/mol. The topological polar surface area (TPSA) is 76.9 Å². The molecule has 5 aromatic rings. The van der Waals surface area contributed by atoms with Crippen LogP contribution < -0.4 is 9.64 Å². The van der Waals surface area contributed by atoms with Gasteiger partial charge in [0, 0.05) is 38.3 Å². The molecule has 0 unspecified atom stereocenters. The lowest BCUT2D eigenvalue weighted by Gasteiger charge is -2.26. The van der Waals surface area contributed by atoms with Crippen LogP contribution in [0.2, 0.25) is 0 Å². The second-order valence-electron chi connectivity index (χ2n) is 12.9. The van der Waals surface area contributed by atoms with Crippen molar-refractivity contribution in [3.8, 4) is 16.9 Å². The van der Waals surface area contributed by atoms with Crippen molar-refractivity contribution >= 4 is 28.9 Å². The molecule has 0 spiro atoms. The van der Waals surface area contributed by atoms with E-state index in [1.807, 2.05) is 77.7 Å². The molecule has 0 saturated carbocycles. The predicted octanol–water partition coefficient (Wildman–Crippen LogP) is 9.10. The summed E-state index contributed by atoms with van der Waals surface area (Å²) in [5, 5.41) is 0. The average Bonchev–Trinajstić information content (AvgIpc) is 3.38. The van der Waals surface area contributed by atoms with Gasteiger partial charge in [-0.25, -0.2) is 14.6 Å². The Morgan fingerprint density at radius 3 is 2.23 bits per heavy atom. The summed E-state index contributed by atoms with van der Waals surface area (Å²) in [5.41, 5.74) is 5.95. The van der Waals surface area contributed by atoms with Gasteiger partial charge in [-0.2, -0.15) is 0 Å². The minimum atomic E-state index is -0.734. The molecule has 1 heterocycles. The molecule has 2 amide bonds. The number of carbonyl (C=O) groups excluding carboxylic acids is 2. The molecule has 1 aromatic heterocycles. The van der Waals surface area contributed by atoms with Gasteiger partial charge in [-0.1, -0.05) is 86.1 Å². The van der Waals surface area contributed by atoms with Crippen LogP contribution in [0.15, 0.2) is 97.1 Å². The second-order valence-corrected chi connectivity index (χ2v) is 12.9. The highest BCUT2D eigenvalue weighted by Gasteiger charge is 2.22. The minimum absolute atomic E-state index is 0.0861. The van der Waals surface area contributed by atoms with Gasteiger partial charge in [-0.05, 0) is 68.1 Å². The number of imidazole rings is 1. The molecule has 0 aliphatic carbocycles. The Hall–Kier alpha value is -5.11. The van der Waals surface area contributed by atoms with Crippen LogP contribution in [-0.4, -0.2) is 46.3 Å². The Morgan fingerprint density at radius 1 is 0.851 bits per heavy atom. The number of hydrogen-bond donors (Lipinski definition) is 0. The van der Waals surface area contributed by atoms with Crippen molar-refractivity contribution in [1.29, 1.82) is 0 Å². The van der Waals surface area contributed by atoms with Gasteiger partial charge < -0.3 is 18.9 Å². The third-order valence-corrected chi connectivity index (χ3v) is 7.75. The monoisotopic (exact) mass is 632 g/mol. The van der Waals surface area contributed by atoms with E-state index in [9.17, 15) is 9.59 Å². The van der Waals surface area contributed by atoms with E-state index in [0.717, 1.165) is 64.1 Å². The number of rotatable bonds is 10. The number of aryl methyl sites for hydroxylation is 1. The fraction of sp³-hybridized carbons (Fsp3) is 0.308. The van der Waals surface area contributed by atoms with Gasteiger partial charge in [0.1, 0.15) is 17.2 Å². The quantitative estimate of drug-likeness (QED) is 0.113. The first-order valence-electron chi connectivity index (χ1n) is 16.1. The van der Waals surface area contributed by atoms with E-state index in [2.05, 4.69) is 29.7 Å². The fourth-order valence-electron chi connectivity index (χ4n) is 5.43. The summed E-state index contributed by atoms with van der Waals surface area (Å²) in [6.45, 7) is 8.68. The van der Waals surface area contributed by atoms with Gasteiger partial charge in [0.25, 0.3) is 0 Å². The molecule has 244 valence electrons. The first-order valence-corrected chi connectivity index (χ1v) is 16.1. The molecule has 8 nitrogen and oxygen atoms in total. The number of carbonyl (C=O) groups is 2. The van der Waals surface area contributed by atoms with E-state index in [4.69, 9.17) is 14.5 Å². The molecule has 0 radical (unpaired) electrons. The summed E-state index contributed by atoms with van der Waals surface area (Å²) in [4.78, 5) is 34.2. The van der Waals surface area contributed by atoms with Crippen LogP contribution >= 0.6 is 0 Å². The number of aromatic nitrogens is 2. The normalized spacial score (nSPS) is 11.4. The molecule has 8 heteroatoms. The molecule has 5 rings (SSSR count). The van der Waals surface area contributed by atoms with Gasteiger partial charge >= 0.3 is 12.2 Å². The maximum absolute atomic E-state index is 13.4. The van der Waals surface area contributed by atoms with E-state index < -0.39 is 11.8 Å². The Balaban J connectivity index is 1.46. The van der Waals surface area contributed by atoms with Crippen LogP contribution in [0.1, 0.15) is 57.5 Å². The van der Waals surface area contributed by atoms with E-state index in [1.165, 1.54) is 0 Å². The van der Waals surface area contributed by atoms with E-state index >= 15 is 0 Å². The van der Waals surface area contributed by atoms with Crippen molar-refractivity contribution in [3.63, 3.8) is 0 Å². The number of hydrogen-bond acceptors (Lipinski definition) is 5. The summed E-state index contributed by atoms with van der Waals surface area (Å²) in [6, 6.07) is 31.8. The smallest absolute Gasteiger partial charge is 0.428 e. The molecule has 0 atom stereocenters. The number of amides is 2. The lowest BCUT2D eigenvalue weighted by Crippen LogP contribution is -2.38. The number of ether oxygens (including phenoxy) is 2. The maximum Gasteiger partial charge on any atom is 0.514 e. The molecule has 0 saturated heterocycles. The number of unbranched alkanes of at least 4 members (excludes halogenated alkanes) is 1. The first kappa shape index (κ1) is 33.3. The van der Waals surface area contributed by atoms with E-state index in [-0.39, 0.29) is 6.03 Å². The van der Waals surface area contributed by atoms with Gasteiger partial charge in [-0.15, -0.1) is 0 Å². The third-order valence-electron chi connectivity index (χ3n) is 7.75. The summed E-state index contributed by atoms with van der Waals surface area (Å²) < 4.78 is 13.2. The largest absolute Gasteiger partial charge is 0.514 e. The van der Waals surface area contributed by atoms with Crippen LogP contribution in [0.3, 0.4) is 0 Å². The Bertz CT molecular complexity index is 1820. The van der Waals surface area contributed by atoms with Crippen molar-refractivity contribution in [1.82, 2.24) is 14.5 Å². The highest BCUT2D eigenvalue weighted by molar-refractivity contribution is 5.94. The predicted molar refractivity (Wildman–Crippen MR) is 188 cm³/mol. The van der Waals surface area contributed by atoms with Crippen molar-refractivity contribution in [2.24, 2.45) is 0 Å². The van der Waals surface area contributed by atoms with Crippen molar-refractivity contribution in [3.05, 3.63) is 114 Å². The SMILES string of the molecule is CCCCc1nc2ccc(N(Cc3ccccc3)C(=O)N(C)C)cc2n1Cc1ccc(-c2ccccc2OC(=O)OC(C)(C)C)cc1. The standard InChI is InChI=1S/C39H44N4O4/c1-7-8-18-36-40-33-24-23-31(42(37(44)41(5)6)26-28-14-10-9-11-15-28)25-34(33)43(36)27-29-19-21-30(22-20-29)32-16-12-13-17-35(32)46-38(45)47-39(2,3)4/h9-17,19-25H,7-8,18,26-27H2,1-6H3. The molecule has 0 aliphatic rings. The average molecular weight is 633 g/mol. The molecule has 4 aromatic carbocycles. The lowest BCUT2D eigenvalue weighted by molar-refractivity contribution is 0.0207. The molecule has 0 bridgehead atoms. The molecule has 0 fully saturated rings. The second kappa shape index (κ2) is 14.5. The number of benzene rings is 4. The van der Waals surface area contributed by atoms with Crippen LogP contribution in [0.5, 0.6) is 5.75 Å². The highest BCUT2D eigenvalue weighted by Crippen LogP contribution is 2.32. The van der Waals surface area contributed by atoms with Crippen molar-refractivity contribution in [2.75, 3.05) is 19.0 Å². The van der Waals surface area contributed by atoms with Crippen molar-refractivity contribution < 1.29 is 19.1 Å². The molecule has 0 aliphatic heterocycles. The number of nitrogens with zero attached hydrogens (tertiary/aromatic N) is 4. The fourth-order valence-corrected chi connectivity index (χ4v) is 5.43. The number of fused-ring (bicyclic) bond motifs is 1. The first-order chi connectivity index (χ1) is 22.5. The Labute approximate surface area is 277 Å². The summed E-state index contributed by atoms with van der Waals surface area (Å²) in [7, 11) is 3.55. The lowest BCUT2D eigenvalue weighted by atomic mass is 10.0. The van der Waals surface area contributed by atoms with Crippen molar-refractivity contribution in [2.45, 2.75) is 65.6 Å². The zero-order chi connectivity index (χ0) is 33.6. The number of para-hydroxylation sites is 1. The molecular formula is C39H44N4O4. The maximum atomic E-state index is 13.4. The van der Waals surface area contributed by atoms with Crippen LogP contribution in [0.4, 0.5) is 15.3 Å². The Kier molecular flexibility index (Phi) is 10.3. The summed E-state index contributed by atoms with van der Waals surface area (Å²) in [5.74, 6) is 1.46. The van der Waals surface area contributed by atoms with Gasteiger partial charge in [0.15, 0.2) is 0 Å². The van der Waals surface area contributed by atoms with Crippen LogP contribution in [0.25, 0.3) is 22.2 Å². The molecule has 0 N–H and O–H groups in total. The Morgan fingerprint density at radius 2 is 1.55 bits per heavy atom. The van der Waals surface area contributed by atoms with Crippen LogP contribution in [-0.2, 0) is 24.2 Å². The summed E-state index contributed by atoms with van der Waals surface area (Å²) >= 11 is 0. The number of urea groups is 1. The zero-order valence-corrected chi connectivity index (χ0v) is 28.2. The van der Waals surface area contributed by atoms with Gasteiger partial charge in [0.05, 0.1) is 17.6 Å². The van der Waals surface area contributed by atoms with Gasteiger partial charge in [0.2, 0.25) is 0 Å². The third kappa shape index (κ3) is 8.38.